The summed E-state index contributed by atoms with van der Waals surface area (Å²) in [5.74, 6) is 0.592. The molecule has 5 nitrogen and oxygen atoms in total. The molecule has 7 heteroatoms. The molecule has 0 aliphatic carbocycles. The van der Waals surface area contributed by atoms with Gasteiger partial charge in [0.1, 0.15) is 5.82 Å². The lowest BCUT2D eigenvalue weighted by molar-refractivity contribution is 0.500. The Hall–Kier alpha value is -1.40. The van der Waals surface area contributed by atoms with E-state index in [0.717, 1.165) is 12.0 Å². The van der Waals surface area contributed by atoms with Crippen LogP contribution in [-0.4, -0.2) is 23.2 Å². The first kappa shape index (κ1) is 16.0. The minimum Gasteiger partial charge on any atom is -0.300 e. The second kappa shape index (κ2) is 5.77. The molecule has 2 rings (SSSR count). The van der Waals surface area contributed by atoms with Crippen molar-refractivity contribution < 1.29 is 8.42 Å². The summed E-state index contributed by atoms with van der Waals surface area (Å²) in [6, 6.07) is 9.79. The zero-order valence-electron chi connectivity index (χ0n) is 12.2. The van der Waals surface area contributed by atoms with Crippen LogP contribution in [0, 0.1) is 0 Å². The van der Waals surface area contributed by atoms with Crippen LogP contribution in [0.1, 0.15) is 38.6 Å². The van der Waals surface area contributed by atoms with Crippen molar-refractivity contribution in [2.45, 2.75) is 44.3 Å². The quantitative estimate of drug-likeness (QED) is 0.792. The molecule has 1 heterocycles. The van der Waals surface area contributed by atoms with E-state index in [1.165, 1.54) is 0 Å². The van der Waals surface area contributed by atoms with Crippen LogP contribution in [0.3, 0.4) is 0 Å². The zero-order valence-corrected chi connectivity index (χ0v) is 13.8. The van der Waals surface area contributed by atoms with Crippen molar-refractivity contribution in [2.24, 2.45) is 0 Å². The topological polar surface area (TPSA) is 64.8 Å². The van der Waals surface area contributed by atoms with E-state index in [2.05, 4.69) is 10.2 Å². The SMILES string of the molecule is CCCn1c(C(C)(C)c2ccccc2)nnc1S(=O)(=O)Cl. The number of benzene rings is 1. The maximum Gasteiger partial charge on any atom is 0.296 e. The number of halogens is 1. The van der Waals surface area contributed by atoms with Gasteiger partial charge >= 0.3 is 0 Å². The lowest BCUT2D eigenvalue weighted by Gasteiger charge is -2.25. The predicted molar refractivity (Wildman–Crippen MR) is 81.9 cm³/mol. The molecule has 0 unspecified atom stereocenters. The van der Waals surface area contributed by atoms with Crippen LogP contribution >= 0.6 is 10.7 Å². The number of aromatic nitrogens is 3. The Morgan fingerprint density at radius 3 is 2.33 bits per heavy atom. The molecule has 0 radical (unpaired) electrons. The number of hydrogen-bond donors (Lipinski definition) is 0. The molecular weight excluding hydrogens is 310 g/mol. The molecule has 0 bridgehead atoms. The fraction of sp³-hybridized carbons (Fsp3) is 0.429. The molecule has 114 valence electrons. The summed E-state index contributed by atoms with van der Waals surface area (Å²) in [7, 11) is 1.54. The molecule has 21 heavy (non-hydrogen) atoms. The highest BCUT2D eigenvalue weighted by atomic mass is 35.7. The van der Waals surface area contributed by atoms with Gasteiger partial charge in [-0.2, -0.15) is 0 Å². The zero-order chi connectivity index (χ0) is 15.7. The van der Waals surface area contributed by atoms with E-state index >= 15 is 0 Å². The molecule has 0 fully saturated rings. The Labute approximate surface area is 129 Å². The van der Waals surface area contributed by atoms with E-state index in [9.17, 15) is 8.42 Å². The van der Waals surface area contributed by atoms with Crippen molar-refractivity contribution in [3.05, 3.63) is 41.7 Å². The second-order valence-electron chi connectivity index (χ2n) is 5.39. The van der Waals surface area contributed by atoms with Crippen LogP contribution in [0.15, 0.2) is 35.5 Å². The van der Waals surface area contributed by atoms with Crippen molar-refractivity contribution in [3.8, 4) is 0 Å². The highest BCUT2D eigenvalue weighted by Crippen LogP contribution is 2.31. The molecule has 0 atom stereocenters. The van der Waals surface area contributed by atoms with Crippen LogP contribution in [0.25, 0.3) is 0 Å². The van der Waals surface area contributed by atoms with Crippen molar-refractivity contribution in [2.75, 3.05) is 0 Å². The monoisotopic (exact) mass is 327 g/mol. The Kier molecular flexibility index (Phi) is 4.39. The molecule has 0 spiro atoms. The normalized spacial score (nSPS) is 12.6. The lowest BCUT2D eigenvalue weighted by Crippen LogP contribution is -2.25. The van der Waals surface area contributed by atoms with E-state index < -0.39 is 14.5 Å². The van der Waals surface area contributed by atoms with Gasteiger partial charge in [-0.3, -0.25) is 0 Å². The average molecular weight is 328 g/mol. The summed E-state index contributed by atoms with van der Waals surface area (Å²) in [5, 5.41) is 7.70. The molecule has 1 aromatic carbocycles. The standard InChI is InChI=1S/C14H18ClN3O2S/c1-4-10-18-12(16-17-13(18)21(15,19)20)14(2,3)11-8-6-5-7-9-11/h5-9H,4,10H2,1-3H3. The highest BCUT2D eigenvalue weighted by molar-refractivity contribution is 8.13. The van der Waals surface area contributed by atoms with E-state index in [4.69, 9.17) is 10.7 Å². The Morgan fingerprint density at radius 1 is 1.19 bits per heavy atom. The Morgan fingerprint density at radius 2 is 1.81 bits per heavy atom. The summed E-state index contributed by atoms with van der Waals surface area (Å²) in [5.41, 5.74) is 0.566. The van der Waals surface area contributed by atoms with Gasteiger partial charge in [0.05, 0.1) is 0 Å². The predicted octanol–water partition coefficient (Wildman–Crippen LogP) is 2.94. The first-order valence-electron chi connectivity index (χ1n) is 6.72. The van der Waals surface area contributed by atoms with Gasteiger partial charge in [0.2, 0.25) is 0 Å². The molecular formula is C14H18ClN3O2S. The summed E-state index contributed by atoms with van der Waals surface area (Å²) in [6.45, 7) is 6.44. The molecule has 0 amide bonds. The van der Waals surface area contributed by atoms with Crippen molar-refractivity contribution in [1.29, 1.82) is 0 Å². The summed E-state index contributed by atoms with van der Waals surface area (Å²) in [4.78, 5) is 0. The van der Waals surface area contributed by atoms with Gasteiger partial charge in [0.15, 0.2) is 0 Å². The fourth-order valence-electron chi connectivity index (χ4n) is 2.34. The summed E-state index contributed by atoms with van der Waals surface area (Å²) >= 11 is 0. The molecule has 0 saturated heterocycles. The van der Waals surface area contributed by atoms with Crippen molar-refractivity contribution in [1.82, 2.24) is 14.8 Å². The van der Waals surface area contributed by atoms with E-state index in [1.807, 2.05) is 51.1 Å². The molecule has 0 aliphatic rings. The minimum atomic E-state index is -3.92. The van der Waals surface area contributed by atoms with Crippen LogP contribution in [0.4, 0.5) is 0 Å². The summed E-state index contributed by atoms with van der Waals surface area (Å²) in [6.07, 6.45) is 0.759. The van der Waals surface area contributed by atoms with Gasteiger partial charge in [-0.25, -0.2) is 8.42 Å². The third kappa shape index (κ3) is 3.11. The number of rotatable bonds is 5. The largest absolute Gasteiger partial charge is 0.300 e. The van der Waals surface area contributed by atoms with Crippen LogP contribution in [0.2, 0.25) is 0 Å². The first-order chi connectivity index (χ1) is 9.78. The van der Waals surface area contributed by atoms with E-state index in [1.54, 1.807) is 4.57 Å². The van der Waals surface area contributed by atoms with Gasteiger partial charge < -0.3 is 4.57 Å². The van der Waals surface area contributed by atoms with Crippen molar-refractivity contribution in [3.63, 3.8) is 0 Å². The average Bonchev–Trinajstić information content (AvgIpc) is 2.84. The van der Waals surface area contributed by atoms with Gasteiger partial charge in [-0.05, 0) is 25.8 Å². The van der Waals surface area contributed by atoms with Crippen LogP contribution in [0.5, 0.6) is 0 Å². The van der Waals surface area contributed by atoms with Gasteiger partial charge in [-0.1, -0.05) is 37.3 Å². The third-order valence-corrected chi connectivity index (χ3v) is 4.59. The van der Waals surface area contributed by atoms with Gasteiger partial charge in [0, 0.05) is 22.6 Å². The molecule has 1 aromatic heterocycles. The van der Waals surface area contributed by atoms with E-state index in [-0.39, 0.29) is 5.16 Å². The van der Waals surface area contributed by atoms with E-state index in [0.29, 0.717) is 12.4 Å². The number of nitrogens with zero attached hydrogens (tertiary/aromatic N) is 3. The van der Waals surface area contributed by atoms with Crippen molar-refractivity contribution >= 4 is 19.7 Å². The molecule has 0 aliphatic heterocycles. The molecule has 2 aromatic rings. The first-order valence-corrected chi connectivity index (χ1v) is 9.03. The van der Waals surface area contributed by atoms with Gasteiger partial charge in [-0.15, -0.1) is 10.2 Å². The smallest absolute Gasteiger partial charge is 0.296 e. The Bertz CT molecular complexity index is 724. The minimum absolute atomic E-state index is 0.190. The highest BCUT2D eigenvalue weighted by Gasteiger charge is 2.32. The lowest BCUT2D eigenvalue weighted by atomic mass is 9.84. The third-order valence-electron chi connectivity index (χ3n) is 3.44. The molecule has 0 saturated carbocycles. The van der Waals surface area contributed by atoms with Crippen LogP contribution < -0.4 is 0 Å². The Balaban J connectivity index is 2.61. The maximum atomic E-state index is 11.6. The maximum absolute atomic E-state index is 11.6. The molecule has 0 N–H and O–H groups in total. The second-order valence-corrected chi connectivity index (χ2v) is 7.85. The summed E-state index contributed by atoms with van der Waals surface area (Å²) < 4.78 is 24.9. The van der Waals surface area contributed by atoms with Gasteiger partial charge in [0.25, 0.3) is 14.2 Å². The fourth-order valence-corrected chi connectivity index (χ4v) is 3.26. The van der Waals surface area contributed by atoms with Crippen LogP contribution in [-0.2, 0) is 21.0 Å². The number of hydrogen-bond acceptors (Lipinski definition) is 4.